The number of nitrogens with zero attached hydrogens (tertiary/aromatic N) is 1. The summed E-state index contributed by atoms with van der Waals surface area (Å²) in [5.74, 6) is 0.494. The summed E-state index contributed by atoms with van der Waals surface area (Å²) in [6.07, 6.45) is 2.63. The van der Waals surface area contributed by atoms with Gasteiger partial charge in [-0.15, -0.1) is 0 Å². The fourth-order valence-corrected chi connectivity index (χ4v) is 3.22. The lowest BCUT2D eigenvalue weighted by Gasteiger charge is -2.32. The Bertz CT molecular complexity index is 417. The molecule has 2 aliphatic rings. The molecule has 6 nitrogen and oxygen atoms in total. The zero-order valence-electron chi connectivity index (χ0n) is 13.9. The summed E-state index contributed by atoms with van der Waals surface area (Å²) in [6.45, 7) is 0.924. The molecular formula is C16H27F2N3O3. The van der Waals surface area contributed by atoms with Crippen molar-refractivity contribution in [2.75, 3.05) is 32.8 Å². The Labute approximate surface area is 141 Å². The van der Waals surface area contributed by atoms with E-state index in [-0.39, 0.29) is 25.6 Å². The molecule has 1 saturated heterocycles. The zero-order chi connectivity index (χ0) is 17.4. The number of ether oxygens (including phenoxy) is 1. The lowest BCUT2D eigenvalue weighted by Crippen LogP contribution is -2.52. The van der Waals surface area contributed by atoms with Crippen molar-refractivity contribution in [2.45, 2.75) is 51.1 Å². The minimum Gasteiger partial charge on any atom is -0.369 e. The van der Waals surface area contributed by atoms with Crippen LogP contribution in [0.2, 0.25) is 0 Å². The number of morpholine rings is 1. The molecule has 0 unspecified atom stereocenters. The SMILES string of the molecule is O=C(CC1CCCCC1)NCCNC(=O)N1CCO[C@H](C(F)F)C1. The van der Waals surface area contributed by atoms with Gasteiger partial charge >= 0.3 is 6.03 Å². The molecule has 0 bridgehead atoms. The molecular weight excluding hydrogens is 320 g/mol. The largest absolute Gasteiger partial charge is 0.369 e. The molecule has 138 valence electrons. The maximum Gasteiger partial charge on any atom is 0.317 e. The quantitative estimate of drug-likeness (QED) is 0.719. The van der Waals surface area contributed by atoms with E-state index in [2.05, 4.69) is 10.6 Å². The van der Waals surface area contributed by atoms with Crippen LogP contribution in [0.25, 0.3) is 0 Å². The van der Waals surface area contributed by atoms with Gasteiger partial charge in [-0.2, -0.15) is 0 Å². The molecule has 1 heterocycles. The van der Waals surface area contributed by atoms with E-state index in [0.717, 1.165) is 12.8 Å². The highest BCUT2D eigenvalue weighted by Gasteiger charge is 2.30. The first kappa shape index (κ1) is 18.9. The lowest BCUT2D eigenvalue weighted by molar-refractivity contribution is -0.122. The minimum atomic E-state index is -2.60. The van der Waals surface area contributed by atoms with Gasteiger partial charge in [-0.1, -0.05) is 19.3 Å². The third-order valence-electron chi connectivity index (χ3n) is 4.58. The van der Waals surface area contributed by atoms with Crippen LogP contribution in [0, 0.1) is 5.92 Å². The molecule has 0 aromatic rings. The van der Waals surface area contributed by atoms with Gasteiger partial charge in [0.2, 0.25) is 5.91 Å². The van der Waals surface area contributed by atoms with Crippen LogP contribution in [0.15, 0.2) is 0 Å². The molecule has 1 aliphatic carbocycles. The third-order valence-corrected chi connectivity index (χ3v) is 4.58. The number of carbonyl (C=O) groups excluding carboxylic acids is 2. The summed E-state index contributed by atoms with van der Waals surface area (Å²) >= 11 is 0. The second-order valence-corrected chi connectivity index (χ2v) is 6.48. The predicted molar refractivity (Wildman–Crippen MR) is 84.9 cm³/mol. The molecule has 0 spiro atoms. The molecule has 1 saturated carbocycles. The second-order valence-electron chi connectivity index (χ2n) is 6.48. The van der Waals surface area contributed by atoms with Gasteiger partial charge in [0.25, 0.3) is 6.43 Å². The fraction of sp³-hybridized carbons (Fsp3) is 0.875. The topological polar surface area (TPSA) is 70.7 Å². The number of rotatable bonds is 6. The third kappa shape index (κ3) is 6.22. The molecule has 0 aromatic heterocycles. The molecule has 0 aromatic carbocycles. The number of halogens is 2. The second kappa shape index (κ2) is 9.76. The molecule has 2 rings (SSSR count). The van der Waals surface area contributed by atoms with Crippen LogP contribution in [0.4, 0.5) is 13.6 Å². The molecule has 24 heavy (non-hydrogen) atoms. The van der Waals surface area contributed by atoms with Crippen LogP contribution in [0.3, 0.4) is 0 Å². The summed E-state index contributed by atoms with van der Waals surface area (Å²) < 4.78 is 30.1. The van der Waals surface area contributed by atoms with Crippen molar-refractivity contribution in [3.8, 4) is 0 Å². The standard InChI is InChI=1S/C16H27F2N3O3/c17-15(18)13-11-21(8-9-24-13)16(23)20-7-6-19-14(22)10-12-4-2-1-3-5-12/h12-13,15H,1-11H2,(H,19,22)(H,20,23)/t13-/m0/s1. The van der Waals surface area contributed by atoms with Gasteiger partial charge in [-0.3, -0.25) is 4.79 Å². The van der Waals surface area contributed by atoms with E-state index in [1.807, 2.05) is 0 Å². The molecule has 1 atom stereocenters. The van der Waals surface area contributed by atoms with Gasteiger partial charge in [0.1, 0.15) is 6.10 Å². The van der Waals surface area contributed by atoms with Crippen molar-refractivity contribution in [3.05, 3.63) is 0 Å². The Morgan fingerprint density at radius 3 is 2.54 bits per heavy atom. The van der Waals surface area contributed by atoms with Gasteiger partial charge in [0, 0.05) is 26.1 Å². The summed E-state index contributed by atoms with van der Waals surface area (Å²) in [5.41, 5.74) is 0. The van der Waals surface area contributed by atoms with Crippen LogP contribution in [-0.4, -0.2) is 62.2 Å². The van der Waals surface area contributed by atoms with E-state index in [1.165, 1.54) is 24.2 Å². The molecule has 8 heteroatoms. The van der Waals surface area contributed by atoms with Crippen molar-refractivity contribution < 1.29 is 23.1 Å². The van der Waals surface area contributed by atoms with Crippen LogP contribution in [0.5, 0.6) is 0 Å². The van der Waals surface area contributed by atoms with Gasteiger partial charge < -0.3 is 20.3 Å². The molecule has 2 fully saturated rings. The number of hydrogen-bond donors (Lipinski definition) is 2. The first-order chi connectivity index (χ1) is 11.6. The van der Waals surface area contributed by atoms with Crippen molar-refractivity contribution in [1.29, 1.82) is 0 Å². The smallest absolute Gasteiger partial charge is 0.317 e. The van der Waals surface area contributed by atoms with Crippen molar-refractivity contribution in [3.63, 3.8) is 0 Å². The average Bonchev–Trinajstić information content (AvgIpc) is 2.59. The van der Waals surface area contributed by atoms with E-state index >= 15 is 0 Å². The molecule has 1 aliphatic heterocycles. The summed E-state index contributed by atoms with van der Waals surface area (Å²) in [6, 6.07) is -0.398. The maximum absolute atomic E-state index is 12.6. The number of nitrogens with one attached hydrogen (secondary N) is 2. The van der Waals surface area contributed by atoms with Crippen molar-refractivity contribution in [2.24, 2.45) is 5.92 Å². The Morgan fingerprint density at radius 2 is 1.83 bits per heavy atom. The van der Waals surface area contributed by atoms with E-state index in [1.54, 1.807) is 0 Å². The van der Waals surface area contributed by atoms with E-state index in [0.29, 0.717) is 25.4 Å². The summed E-state index contributed by atoms with van der Waals surface area (Å²) in [5, 5.41) is 5.44. The molecule has 0 radical (unpaired) electrons. The zero-order valence-corrected chi connectivity index (χ0v) is 13.9. The summed E-state index contributed by atoms with van der Waals surface area (Å²) in [4.78, 5) is 25.1. The molecule has 3 amide bonds. The Kier molecular flexibility index (Phi) is 7.68. The Hall–Kier alpha value is -1.44. The summed E-state index contributed by atoms with van der Waals surface area (Å²) in [7, 11) is 0. The average molecular weight is 347 g/mol. The highest BCUT2D eigenvalue weighted by Crippen LogP contribution is 2.25. The fourth-order valence-electron chi connectivity index (χ4n) is 3.22. The maximum atomic E-state index is 12.6. The molecule has 2 N–H and O–H groups in total. The predicted octanol–water partition coefficient (Wildman–Crippen LogP) is 1.75. The van der Waals surface area contributed by atoms with E-state index < -0.39 is 18.6 Å². The highest BCUT2D eigenvalue weighted by atomic mass is 19.3. The lowest BCUT2D eigenvalue weighted by atomic mass is 9.87. The number of hydrogen-bond acceptors (Lipinski definition) is 3. The monoisotopic (exact) mass is 347 g/mol. The van der Waals surface area contributed by atoms with Crippen molar-refractivity contribution in [1.82, 2.24) is 15.5 Å². The van der Waals surface area contributed by atoms with E-state index in [4.69, 9.17) is 4.74 Å². The Morgan fingerprint density at radius 1 is 1.12 bits per heavy atom. The van der Waals surface area contributed by atoms with Crippen LogP contribution < -0.4 is 10.6 Å². The van der Waals surface area contributed by atoms with Gasteiger partial charge in [-0.25, -0.2) is 13.6 Å². The number of carbonyl (C=O) groups is 2. The Balaban J connectivity index is 1.57. The van der Waals surface area contributed by atoms with Gasteiger partial charge in [-0.05, 0) is 18.8 Å². The normalized spacial score (nSPS) is 22.5. The highest BCUT2D eigenvalue weighted by molar-refractivity contribution is 5.76. The van der Waals surface area contributed by atoms with Crippen molar-refractivity contribution >= 4 is 11.9 Å². The van der Waals surface area contributed by atoms with Gasteiger partial charge in [0.05, 0.1) is 13.2 Å². The number of urea groups is 1. The van der Waals surface area contributed by atoms with Crippen LogP contribution in [-0.2, 0) is 9.53 Å². The van der Waals surface area contributed by atoms with Crippen LogP contribution >= 0.6 is 0 Å². The van der Waals surface area contributed by atoms with Crippen LogP contribution in [0.1, 0.15) is 38.5 Å². The first-order valence-electron chi connectivity index (χ1n) is 8.75. The number of alkyl halides is 2. The number of amides is 3. The first-order valence-corrected chi connectivity index (χ1v) is 8.75. The van der Waals surface area contributed by atoms with E-state index in [9.17, 15) is 18.4 Å². The van der Waals surface area contributed by atoms with Gasteiger partial charge in [0.15, 0.2) is 0 Å². The minimum absolute atomic E-state index is 0.0142.